The third kappa shape index (κ3) is 3.38. The van der Waals surface area contributed by atoms with E-state index in [-0.39, 0.29) is 18.1 Å². The zero-order valence-corrected chi connectivity index (χ0v) is 10.1. The first kappa shape index (κ1) is 12.8. The zero-order chi connectivity index (χ0) is 12.3. The summed E-state index contributed by atoms with van der Waals surface area (Å²) in [5.41, 5.74) is 5.28. The van der Waals surface area contributed by atoms with Gasteiger partial charge in [-0.15, -0.1) is 0 Å². The van der Waals surface area contributed by atoms with E-state index in [9.17, 15) is 4.79 Å². The Bertz CT molecular complexity index is 303. The second-order valence-electron chi connectivity index (χ2n) is 5.11. The average Bonchev–Trinajstić information content (AvgIpc) is 2.15. The summed E-state index contributed by atoms with van der Waals surface area (Å²) in [6.07, 6.45) is 0.289. The maximum absolute atomic E-state index is 11.7. The third-order valence-corrected chi connectivity index (χ3v) is 2.48. The van der Waals surface area contributed by atoms with Crippen molar-refractivity contribution in [2.45, 2.75) is 38.8 Å². The second-order valence-corrected chi connectivity index (χ2v) is 5.11. The number of hydrogen-bond acceptors (Lipinski definition) is 4. The van der Waals surface area contributed by atoms with Crippen molar-refractivity contribution < 1.29 is 9.53 Å². The number of nitrogens with two attached hydrogens (primary N) is 1. The van der Waals surface area contributed by atoms with Crippen molar-refractivity contribution in [3.8, 4) is 6.07 Å². The van der Waals surface area contributed by atoms with Crippen LogP contribution in [0.25, 0.3) is 0 Å². The number of rotatable bonds is 0. The van der Waals surface area contributed by atoms with E-state index in [2.05, 4.69) is 6.07 Å². The largest absolute Gasteiger partial charge is 0.444 e. The Kier molecular flexibility index (Phi) is 3.76. The van der Waals surface area contributed by atoms with Crippen LogP contribution in [0.15, 0.2) is 0 Å². The van der Waals surface area contributed by atoms with Crippen LogP contribution in [0, 0.1) is 17.2 Å². The van der Waals surface area contributed by atoms with Gasteiger partial charge in [0.2, 0.25) is 0 Å². The predicted octanol–water partition coefficient (Wildman–Crippen LogP) is 1.09. The van der Waals surface area contributed by atoms with Gasteiger partial charge in [0.1, 0.15) is 5.60 Å². The van der Waals surface area contributed by atoms with Crippen molar-refractivity contribution in [2.75, 3.05) is 13.1 Å². The summed E-state index contributed by atoms with van der Waals surface area (Å²) in [5, 5.41) is 8.88. The van der Waals surface area contributed by atoms with Crippen LogP contribution in [0.5, 0.6) is 0 Å². The second kappa shape index (κ2) is 4.71. The minimum atomic E-state index is -0.501. The van der Waals surface area contributed by atoms with Crippen molar-refractivity contribution in [3.63, 3.8) is 0 Å². The number of likely N-dealkylation sites (tertiary alicyclic amines) is 1. The van der Waals surface area contributed by atoms with Gasteiger partial charge in [-0.2, -0.15) is 5.26 Å². The lowest BCUT2D eigenvalue weighted by Gasteiger charge is -2.34. The highest BCUT2D eigenvalue weighted by Crippen LogP contribution is 2.18. The third-order valence-electron chi connectivity index (χ3n) is 2.48. The number of piperidine rings is 1. The molecule has 0 radical (unpaired) electrons. The lowest BCUT2D eigenvalue weighted by Crippen LogP contribution is -2.49. The van der Waals surface area contributed by atoms with Crippen LogP contribution in [0.2, 0.25) is 0 Å². The van der Waals surface area contributed by atoms with Gasteiger partial charge >= 0.3 is 6.09 Å². The number of nitriles is 1. The van der Waals surface area contributed by atoms with Gasteiger partial charge in [-0.1, -0.05) is 0 Å². The number of ether oxygens (including phenoxy) is 1. The highest BCUT2D eigenvalue weighted by molar-refractivity contribution is 5.68. The van der Waals surface area contributed by atoms with Crippen LogP contribution in [0.1, 0.15) is 27.2 Å². The molecule has 0 aliphatic carbocycles. The Labute approximate surface area is 96.2 Å². The molecule has 0 bridgehead atoms. The SMILES string of the molecule is CC(C)(C)OC(=O)N1CC[C@@H](N)[C@@H](C#N)C1. The lowest BCUT2D eigenvalue weighted by atomic mass is 9.95. The predicted molar refractivity (Wildman–Crippen MR) is 59.5 cm³/mol. The Balaban J connectivity index is 2.56. The number of amides is 1. The molecule has 0 aromatic carbocycles. The van der Waals surface area contributed by atoms with E-state index in [1.165, 1.54) is 0 Å². The molecule has 1 fully saturated rings. The minimum absolute atomic E-state index is 0.135. The Hall–Kier alpha value is -1.28. The minimum Gasteiger partial charge on any atom is -0.444 e. The summed E-state index contributed by atoms with van der Waals surface area (Å²) >= 11 is 0. The van der Waals surface area contributed by atoms with Crippen LogP contribution in [0.4, 0.5) is 4.79 Å². The lowest BCUT2D eigenvalue weighted by molar-refractivity contribution is 0.0176. The van der Waals surface area contributed by atoms with E-state index in [1.54, 1.807) is 4.90 Å². The van der Waals surface area contributed by atoms with Gasteiger partial charge in [0.15, 0.2) is 0 Å². The summed E-state index contributed by atoms with van der Waals surface area (Å²) in [5.74, 6) is -0.290. The molecule has 1 rings (SSSR count). The zero-order valence-electron chi connectivity index (χ0n) is 10.1. The summed E-state index contributed by atoms with van der Waals surface area (Å²) in [4.78, 5) is 13.3. The van der Waals surface area contributed by atoms with E-state index in [0.717, 1.165) is 0 Å². The van der Waals surface area contributed by atoms with E-state index < -0.39 is 5.60 Å². The number of nitrogens with zero attached hydrogens (tertiary/aromatic N) is 2. The van der Waals surface area contributed by atoms with Gasteiger partial charge in [0, 0.05) is 19.1 Å². The molecule has 1 aliphatic heterocycles. The van der Waals surface area contributed by atoms with Gasteiger partial charge in [0.05, 0.1) is 12.0 Å². The van der Waals surface area contributed by atoms with Crippen LogP contribution >= 0.6 is 0 Å². The van der Waals surface area contributed by atoms with Crippen LogP contribution in [-0.4, -0.2) is 35.7 Å². The van der Waals surface area contributed by atoms with Crippen molar-refractivity contribution in [2.24, 2.45) is 11.7 Å². The van der Waals surface area contributed by atoms with Gasteiger partial charge in [-0.05, 0) is 27.2 Å². The Morgan fingerprint density at radius 1 is 1.56 bits per heavy atom. The van der Waals surface area contributed by atoms with Gasteiger partial charge in [-0.3, -0.25) is 0 Å². The maximum atomic E-state index is 11.7. The summed E-state index contributed by atoms with van der Waals surface area (Å²) in [7, 11) is 0. The molecule has 2 N–H and O–H groups in total. The molecule has 1 saturated heterocycles. The molecule has 90 valence electrons. The molecule has 0 unspecified atom stereocenters. The van der Waals surface area contributed by atoms with E-state index in [0.29, 0.717) is 19.5 Å². The Morgan fingerprint density at radius 2 is 2.19 bits per heavy atom. The Morgan fingerprint density at radius 3 is 2.69 bits per heavy atom. The molecule has 5 nitrogen and oxygen atoms in total. The first-order chi connectivity index (χ1) is 7.33. The molecule has 0 spiro atoms. The number of carbonyl (C=O) groups excluding carboxylic acids is 1. The molecule has 1 aliphatic rings. The van der Waals surface area contributed by atoms with Crippen molar-refractivity contribution in [1.82, 2.24) is 4.90 Å². The summed E-state index contributed by atoms with van der Waals surface area (Å²) < 4.78 is 5.24. The molecule has 0 aromatic rings. The van der Waals surface area contributed by atoms with Crippen LogP contribution < -0.4 is 5.73 Å². The number of carbonyl (C=O) groups is 1. The average molecular weight is 225 g/mol. The maximum Gasteiger partial charge on any atom is 0.410 e. The van der Waals surface area contributed by atoms with Gasteiger partial charge in [-0.25, -0.2) is 4.79 Å². The van der Waals surface area contributed by atoms with Crippen molar-refractivity contribution >= 4 is 6.09 Å². The van der Waals surface area contributed by atoms with E-state index in [4.69, 9.17) is 15.7 Å². The molecule has 16 heavy (non-hydrogen) atoms. The molecular formula is C11H19N3O2. The number of hydrogen-bond donors (Lipinski definition) is 1. The highest BCUT2D eigenvalue weighted by atomic mass is 16.6. The smallest absolute Gasteiger partial charge is 0.410 e. The summed E-state index contributed by atoms with van der Waals surface area (Å²) in [6, 6.07) is 1.99. The first-order valence-electron chi connectivity index (χ1n) is 5.46. The fraction of sp³-hybridized carbons (Fsp3) is 0.818. The molecule has 2 atom stereocenters. The molecule has 0 aromatic heterocycles. The molecule has 1 amide bonds. The fourth-order valence-electron chi connectivity index (χ4n) is 1.60. The highest BCUT2D eigenvalue weighted by Gasteiger charge is 2.31. The topological polar surface area (TPSA) is 79.3 Å². The molecular weight excluding hydrogens is 206 g/mol. The van der Waals surface area contributed by atoms with Crippen molar-refractivity contribution in [3.05, 3.63) is 0 Å². The van der Waals surface area contributed by atoms with E-state index >= 15 is 0 Å². The fourth-order valence-corrected chi connectivity index (χ4v) is 1.60. The van der Waals surface area contributed by atoms with E-state index in [1.807, 2.05) is 20.8 Å². The van der Waals surface area contributed by atoms with Gasteiger partial charge < -0.3 is 15.4 Å². The van der Waals surface area contributed by atoms with Gasteiger partial charge in [0.25, 0.3) is 0 Å². The van der Waals surface area contributed by atoms with Crippen LogP contribution in [-0.2, 0) is 4.74 Å². The normalized spacial score (nSPS) is 26.1. The van der Waals surface area contributed by atoms with Crippen LogP contribution in [0.3, 0.4) is 0 Å². The standard InChI is InChI=1S/C11H19N3O2/c1-11(2,3)16-10(15)14-5-4-9(13)8(6-12)7-14/h8-9H,4-5,7,13H2,1-3H3/t8-,9+/m0/s1. The first-order valence-corrected chi connectivity index (χ1v) is 5.46. The summed E-state index contributed by atoms with van der Waals surface area (Å²) in [6.45, 7) is 6.40. The molecule has 0 saturated carbocycles. The van der Waals surface area contributed by atoms with Crippen molar-refractivity contribution in [1.29, 1.82) is 5.26 Å². The monoisotopic (exact) mass is 225 g/mol. The quantitative estimate of drug-likeness (QED) is 0.669. The molecule has 1 heterocycles. The molecule has 5 heteroatoms.